The second kappa shape index (κ2) is 3.64. The standard InChI is InChI=1S/C8H8ClFO2S/c1-13(11,12)8(9)6-3-2-4-7(10)5-6/h2-5,8H,1H3. The van der Waals surface area contributed by atoms with E-state index in [1.165, 1.54) is 18.2 Å². The minimum atomic E-state index is -3.37. The Morgan fingerprint density at radius 2 is 2.08 bits per heavy atom. The third-order valence-electron chi connectivity index (χ3n) is 1.49. The lowest BCUT2D eigenvalue weighted by molar-refractivity contribution is 0.599. The summed E-state index contributed by atoms with van der Waals surface area (Å²) in [4.78, 5) is 0. The monoisotopic (exact) mass is 222 g/mol. The lowest BCUT2D eigenvalue weighted by Gasteiger charge is -2.06. The molecule has 0 aliphatic rings. The zero-order valence-corrected chi connectivity index (χ0v) is 8.44. The van der Waals surface area contributed by atoms with Gasteiger partial charge >= 0.3 is 0 Å². The van der Waals surface area contributed by atoms with E-state index in [9.17, 15) is 12.8 Å². The van der Waals surface area contributed by atoms with E-state index < -0.39 is 20.4 Å². The first-order valence-electron chi connectivity index (χ1n) is 3.49. The molecule has 0 radical (unpaired) electrons. The van der Waals surface area contributed by atoms with Gasteiger partial charge in [0.25, 0.3) is 0 Å². The summed E-state index contributed by atoms with van der Waals surface area (Å²) < 4.78 is 33.5. The van der Waals surface area contributed by atoms with Gasteiger partial charge in [0.15, 0.2) is 14.5 Å². The largest absolute Gasteiger partial charge is 0.227 e. The zero-order chi connectivity index (χ0) is 10.1. The molecule has 1 unspecified atom stereocenters. The van der Waals surface area contributed by atoms with E-state index >= 15 is 0 Å². The van der Waals surface area contributed by atoms with Crippen molar-refractivity contribution in [2.24, 2.45) is 0 Å². The Morgan fingerprint density at radius 1 is 1.46 bits per heavy atom. The molecule has 1 aromatic carbocycles. The molecule has 0 N–H and O–H groups in total. The molecule has 2 nitrogen and oxygen atoms in total. The topological polar surface area (TPSA) is 34.1 Å². The molecule has 0 aliphatic heterocycles. The number of rotatable bonds is 2. The number of hydrogen-bond donors (Lipinski definition) is 0. The first-order valence-corrected chi connectivity index (χ1v) is 5.89. The average molecular weight is 223 g/mol. The third-order valence-corrected chi connectivity index (χ3v) is 3.73. The molecular weight excluding hydrogens is 215 g/mol. The van der Waals surface area contributed by atoms with Crippen LogP contribution in [0.5, 0.6) is 0 Å². The highest BCUT2D eigenvalue weighted by Gasteiger charge is 2.19. The van der Waals surface area contributed by atoms with E-state index in [0.29, 0.717) is 0 Å². The molecule has 5 heteroatoms. The molecule has 0 saturated heterocycles. The van der Waals surface area contributed by atoms with Crippen molar-refractivity contribution in [1.29, 1.82) is 0 Å². The van der Waals surface area contributed by atoms with Crippen LogP contribution in [-0.4, -0.2) is 14.7 Å². The fraction of sp³-hybridized carbons (Fsp3) is 0.250. The van der Waals surface area contributed by atoms with Gasteiger partial charge in [0, 0.05) is 6.26 Å². The van der Waals surface area contributed by atoms with Crippen molar-refractivity contribution in [2.75, 3.05) is 6.26 Å². The van der Waals surface area contributed by atoms with Gasteiger partial charge in [0.05, 0.1) is 0 Å². The van der Waals surface area contributed by atoms with Crippen LogP contribution >= 0.6 is 11.6 Å². The number of hydrogen-bond acceptors (Lipinski definition) is 2. The normalized spacial score (nSPS) is 14.1. The van der Waals surface area contributed by atoms with E-state index in [-0.39, 0.29) is 5.56 Å². The molecule has 13 heavy (non-hydrogen) atoms. The van der Waals surface area contributed by atoms with Crippen LogP contribution in [0.25, 0.3) is 0 Å². The van der Waals surface area contributed by atoms with Crippen LogP contribution in [0, 0.1) is 5.82 Å². The van der Waals surface area contributed by atoms with Gasteiger partial charge in [-0.15, -0.1) is 11.6 Å². The molecule has 0 bridgehead atoms. The fourth-order valence-corrected chi connectivity index (χ4v) is 1.67. The van der Waals surface area contributed by atoms with Crippen molar-refractivity contribution in [2.45, 2.75) is 4.71 Å². The molecule has 0 saturated carbocycles. The van der Waals surface area contributed by atoms with Crippen molar-refractivity contribution >= 4 is 21.4 Å². The number of benzene rings is 1. The second-order valence-corrected chi connectivity index (χ2v) is 5.53. The van der Waals surface area contributed by atoms with E-state index in [0.717, 1.165) is 12.3 Å². The van der Waals surface area contributed by atoms with Gasteiger partial charge < -0.3 is 0 Å². The van der Waals surface area contributed by atoms with Crippen LogP contribution in [0.3, 0.4) is 0 Å². The van der Waals surface area contributed by atoms with E-state index in [4.69, 9.17) is 11.6 Å². The Kier molecular flexibility index (Phi) is 2.93. The van der Waals surface area contributed by atoms with E-state index in [1.54, 1.807) is 0 Å². The molecule has 0 spiro atoms. The molecule has 0 amide bonds. The van der Waals surface area contributed by atoms with Crippen LogP contribution in [0.1, 0.15) is 10.3 Å². The first-order chi connectivity index (χ1) is 5.91. The van der Waals surface area contributed by atoms with Gasteiger partial charge in [0.1, 0.15) is 5.82 Å². The highest BCUT2D eigenvalue weighted by atomic mass is 35.5. The summed E-state index contributed by atoms with van der Waals surface area (Å²) >= 11 is 5.60. The average Bonchev–Trinajstić information content (AvgIpc) is 2.01. The predicted octanol–water partition coefficient (Wildman–Crippen LogP) is 2.11. The number of halogens is 2. The van der Waals surface area contributed by atoms with E-state index in [2.05, 4.69) is 0 Å². The highest BCUT2D eigenvalue weighted by Crippen LogP contribution is 2.25. The minimum absolute atomic E-state index is 0.254. The van der Waals surface area contributed by atoms with Crippen LogP contribution < -0.4 is 0 Å². The van der Waals surface area contributed by atoms with Crippen molar-refractivity contribution in [3.63, 3.8) is 0 Å². The van der Waals surface area contributed by atoms with Gasteiger partial charge in [-0.05, 0) is 17.7 Å². The number of alkyl halides is 1. The first kappa shape index (κ1) is 10.5. The summed E-state index contributed by atoms with van der Waals surface area (Å²) in [6.07, 6.45) is 1.01. The third kappa shape index (κ3) is 2.67. The fourth-order valence-electron chi connectivity index (χ4n) is 0.895. The summed E-state index contributed by atoms with van der Waals surface area (Å²) in [6.45, 7) is 0. The summed E-state index contributed by atoms with van der Waals surface area (Å²) in [5.41, 5.74) is 0.254. The number of sulfone groups is 1. The summed E-state index contributed by atoms with van der Waals surface area (Å²) in [5, 5.41) is 0. The zero-order valence-electron chi connectivity index (χ0n) is 6.87. The molecule has 0 aliphatic carbocycles. The van der Waals surface area contributed by atoms with Crippen molar-refractivity contribution < 1.29 is 12.8 Å². The maximum atomic E-state index is 12.7. The molecule has 1 aromatic rings. The van der Waals surface area contributed by atoms with Crippen LogP contribution in [0.2, 0.25) is 0 Å². The molecule has 0 aromatic heterocycles. The van der Waals surface area contributed by atoms with Crippen molar-refractivity contribution in [3.05, 3.63) is 35.6 Å². The summed E-state index contributed by atoms with van der Waals surface area (Å²) in [7, 11) is -3.37. The van der Waals surface area contributed by atoms with Gasteiger partial charge in [0.2, 0.25) is 0 Å². The summed E-state index contributed by atoms with van der Waals surface area (Å²) in [6, 6.07) is 5.24. The predicted molar refractivity (Wildman–Crippen MR) is 49.8 cm³/mol. The van der Waals surface area contributed by atoms with Crippen molar-refractivity contribution in [1.82, 2.24) is 0 Å². The Hall–Kier alpha value is -0.610. The summed E-state index contributed by atoms with van der Waals surface area (Å²) in [5.74, 6) is -0.494. The Bertz CT molecular complexity index is 402. The maximum Gasteiger partial charge on any atom is 0.168 e. The minimum Gasteiger partial charge on any atom is -0.227 e. The Balaban J connectivity index is 3.10. The van der Waals surface area contributed by atoms with Gasteiger partial charge in [-0.25, -0.2) is 12.8 Å². The van der Waals surface area contributed by atoms with Crippen LogP contribution in [0.4, 0.5) is 4.39 Å². The van der Waals surface area contributed by atoms with Gasteiger partial charge in [-0.3, -0.25) is 0 Å². The van der Waals surface area contributed by atoms with Crippen LogP contribution in [0.15, 0.2) is 24.3 Å². The maximum absolute atomic E-state index is 12.7. The Morgan fingerprint density at radius 3 is 2.54 bits per heavy atom. The Labute approximate surface area is 81.3 Å². The van der Waals surface area contributed by atoms with Crippen molar-refractivity contribution in [3.8, 4) is 0 Å². The van der Waals surface area contributed by atoms with E-state index in [1.807, 2.05) is 0 Å². The molecule has 1 rings (SSSR count). The smallest absolute Gasteiger partial charge is 0.168 e. The SMILES string of the molecule is CS(=O)(=O)C(Cl)c1cccc(F)c1. The molecule has 0 fully saturated rings. The second-order valence-electron chi connectivity index (χ2n) is 2.70. The molecule has 1 atom stereocenters. The molecule has 72 valence electrons. The lowest BCUT2D eigenvalue weighted by Crippen LogP contribution is -2.05. The lowest BCUT2D eigenvalue weighted by atomic mass is 10.2. The molecular formula is C8H8ClFO2S. The quantitative estimate of drug-likeness (QED) is 0.719. The highest BCUT2D eigenvalue weighted by molar-refractivity contribution is 7.92. The van der Waals surface area contributed by atoms with Crippen LogP contribution in [-0.2, 0) is 9.84 Å². The van der Waals surface area contributed by atoms with Gasteiger partial charge in [-0.1, -0.05) is 12.1 Å². The molecule has 0 heterocycles. The van der Waals surface area contributed by atoms with Gasteiger partial charge in [-0.2, -0.15) is 0 Å².